The second kappa shape index (κ2) is 8.07. The number of para-hydroxylation sites is 1. The molecule has 1 heterocycles. The summed E-state index contributed by atoms with van der Waals surface area (Å²) in [5.41, 5.74) is 2.83. The van der Waals surface area contributed by atoms with Crippen molar-refractivity contribution in [1.82, 2.24) is 10.3 Å². The van der Waals surface area contributed by atoms with Crippen molar-refractivity contribution in [3.05, 3.63) is 95.8 Å². The van der Waals surface area contributed by atoms with Crippen LogP contribution in [0.3, 0.4) is 0 Å². The molecule has 1 N–H and O–H groups in total. The second-order valence-corrected chi connectivity index (χ2v) is 5.82. The van der Waals surface area contributed by atoms with Gasteiger partial charge in [-0.2, -0.15) is 0 Å². The van der Waals surface area contributed by atoms with Crippen molar-refractivity contribution in [2.24, 2.45) is 0 Å². The largest absolute Gasteiger partial charge is 0.348 e. The molecule has 0 saturated carbocycles. The quantitative estimate of drug-likeness (QED) is 0.772. The van der Waals surface area contributed by atoms with Gasteiger partial charge in [0.1, 0.15) is 0 Å². The lowest BCUT2D eigenvalue weighted by Gasteiger charge is -2.17. The maximum absolute atomic E-state index is 12.6. The Hall–Kier alpha value is -3.47. The molecule has 0 unspecified atom stereocenters. The van der Waals surface area contributed by atoms with Crippen LogP contribution in [-0.4, -0.2) is 23.8 Å². The molecule has 2 amide bonds. The summed E-state index contributed by atoms with van der Waals surface area (Å²) in [4.78, 5) is 30.3. The van der Waals surface area contributed by atoms with Crippen LogP contribution >= 0.6 is 0 Å². The van der Waals surface area contributed by atoms with Gasteiger partial charge in [0, 0.05) is 42.8 Å². The van der Waals surface area contributed by atoms with E-state index in [4.69, 9.17) is 0 Å². The average molecular weight is 345 g/mol. The van der Waals surface area contributed by atoms with Gasteiger partial charge >= 0.3 is 0 Å². The zero-order valence-corrected chi connectivity index (χ0v) is 14.4. The maximum Gasteiger partial charge on any atom is 0.258 e. The van der Waals surface area contributed by atoms with Crippen molar-refractivity contribution in [1.29, 1.82) is 0 Å². The van der Waals surface area contributed by atoms with E-state index >= 15 is 0 Å². The number of amides is 2. The predicted octanol–water partition coefficient (Wildman–Crippen LogP) is 3.29. The van der Waals surface area contributed by atoms with Gasteiger partial charge in [-0.1, -0.05) is 18.2 Å². The Morgan fingerprint density at radius 3 is 2.15 bits per heavy atom. The number of rotatable bonds is 5. The van der Waals surface area contributed by atoms with Gasteiger partial charge in [0.05, 0.1) is 0 Å². The second-order valence-electron chi connectivity index (χ2n) is 5.82. The fraction of sp³-hybridized carbons (Fsp3) is 0.0952. The fourth-order valence-corrected chi connectivity index (χ4v) is 2.51. The van der Waals surface area contributed by atoms with E-state index in [1.807, 2.05) is 42.5 Å². The van der Waals surface area contributed by atoms with Crippen LogP contribution in [0.2, 0.25) is 0 Å². The fourth-order valence-electron chi connectivity index (χ4n) is 2.51. The number of benzene rings is 2. The summed E-state index contributed by atoms with van der Waals surface area (Å²) in [7, 11) is 1.73. The lowest BCUT2D eigenvalue weighted by Crippen LogP contribution is -2.26. The lowest BCUT2D eigenvalue weighted by molar-refractivity contribution is 0.0948. The van der Waals surface area contributed by atoms with Crippen molar-refractivity contribution in [3.8, 4) is 0 Å². The summed E-state index contributed by atoms with van der Waals surface area (Å²) in [6.45, 7) is 0.429. The van der Waals surface area contributed by atoms with Gasteiger partial charge in [-0.15, -0.1) is 0 Å². The van der Waals surface area contributed by atoms with Crippen molar-refractivity contribution < 1.29 is 9.59 Å². The molecule has 5 heteroatoms. The Bertz CT molecular complexity index is 878. The monoisotopic (exact) mass is 345 g/mol. The van der Waals surface area contributed by atoms with Gasteiger partial charge in [0.15, 0.2) is 0 Å². The minimum Gasteiger partial charge on any atom is -0.348 e. The number of nitrogens with one attached hydrogen (secondary N) is 1. The number of aromatic nitrogens is 1. The van der Waals surface area contributed by atoms with Crippen LogP contribution in [0.15, 0.2) is 79.1 Å². The third kappa shape index (κ3) is 4.13. The Balaban J connectivity index is 1.64. The first-order valence-electron chi connectivity index (χ1n) is 8.25. The van der Waals surface area contributed by atoms with Gasteiger partial charge < -0.3 is 10.2 Å². The van der Waals surface area contributed by atoms with Crippen molar-refractivity contribution in [3.63, 3.8) is 0 Å². The van der Waals surface area contributed by atoms with Crippen LogP contribution in [0.25, 0.3) is 0 Å². The summed E-state index contributed by atoms with van der Waals surface area (Å²) < 4.78 is 0. The van der Waals surface area contributed by atoms with Gasteiger partial charge in [0.2, 0.25) is 0 Å². The minimum absolute atomic E-state index is 0.125. The summed E-state index contributed by atoms with van der Waals surface area (Å²) in [6, 6.07) is 19.8. The standard InChI is InChI=1S/C21H19N3O2/c1-24(19-5-3-2-4-6-19)21(26)18-9-7-17(8-10-18)20(25)23-15-16-11-13-22-14-12-16/h2-14H,15H2,1H3,(H,23,25). The molecule has 0 aliphatic rings. The highest BCUT2D eigenvalue weighted by atomic mass is 16.2. The van der Waals surface area contributed by atoms with E-state index in [1.54, 1.807) is 48.6 Å². The first-order valence-corrected chi connectivity index (χ1v) is 8.25. The summed E-state index contributed by atoms with van der Waals surface area (Å²) in [5.74, 6) is -0.308. The average Bonchev–Trinajstić information content (AvgIpc) is 2.72. The van der Waals surface area contributed by atoms with E-state index in [0.29, 0.717) is 17.7 Å². The van der Waals surface area contributed by atoms with Gasteiger partial charge in [-0.3, -0.25) is 14.6 Å². The van der Waals surface area contributed by atoms with Crippen LogP contribution < -0.4 is 10.2 Å². The van der Waals surface area contributed by atoms with Crippen LogP contribution in [0.1, 0.15) is 26.3 Å². The van der Waals surface area contributed by atoms with Crippen molar-refractivity contribution in [2.75, 3.05) is 11.9 Å². The van der Waals surface area contributed by atoms with Crippen LogP contribution in [0, 0.1) is 0 Å². The molecule has 5 nitrogen and oxygen atoms in total. The number of carbonyl (C=O) groups excluding carboxylic acids is 2. The number of carbonyl (C=O) groups is 2. The molecule has 0 aliphatic heterocycles. The zero-order chi connectivity index (χ0) is 18.4. The van der Waals surface area contributed by atoms with E-state index in [0.717, 1.165) is 11.3 Å². The zero-order valence-electron chi connectivity index (χ0n) is 14.4. The molecule has 130 valence electrons. The van der Waals surface area contributed by atoms with E-state index in [2.05, 4.69) is 10.3 Å². The van der Waals surface area contributed by atoms with Crippen molar-refractivity contribution >= 4 is 17.5 Å². The summed E-state index contributed by atoms with van der Waals surface area (Å²) >= 11 is 0. The molecule has 0 radical (unpaired) electrons. The third-order valence-corrected chi connectivity index (χ3v) is 4.04. The van der Waals surface area contributed by atoms with E-state index in [1.165, 1.54) is 0 Å². The van der Waals surface area contributed by atoms with Crippen LogP contribution in [-0.2, 0) is 6.54 Å². The Kier molecular flexibility index (Phi) is 5.39. The molecule has 26 heavy (non-hydrogen) atoms. The molecular weight excluding hydrogens is 326 g/mol. The first kappa shape index (κ1) is 17.4. The number of pyridine rings is 1. The van der Waals surface area contributed by atoms with Crippen LogP contribution in [0.4, 0.5) is 5.69 Å². The van der Waals surface area contributed by atoms with Crippen molar-refractivity contribution in [2.45, 2.75) is 6.54 Å². The van der Waals surface area contributed by atoms with E-state index in [-0.39, 0.29) is 11.8 Å². The SMILES string of the molecule is CN(C(=O)c1ccc(C(=O)NCc2ccncc2)cc1)c1ccccc1. The smallest absolute Gasteiger partial charge is 0.258 e. The molecular formula is C21H19N3O2. The molecule has 0 spiro atoms. The number of anilines is 1. The molecule has 0 saturated heterocycles. The molecule has 1 aromatic heterocycles. The predicted molar refractivity (Wildman–Crippen MR) is 101 cm³/mol. The van der Waals surface area contributed by atoms with Crippen LogP contribution in [0.5, 0.6) is 0 Å². The number of hydrogen-bond donors (Lipinski definition) is 1. The van der Waals surface area contributed by atoms with E-state index < -0.39 is 0 Å². The molecule has 0 bridgehead atoms. The molecule has 3 rings (SSSR count). The van der Waals surface area contributed by atoms with Gasteiger partial charge in [-0.05, 0) is 54.1 Å². The maximum atomic E-state index is 12.6. The summed E-state index contributed by atoms with van der Waals surface area (Å²) in [6.07, 6.45) is 3.37. The first-order chi connectivity index (χ1) is 12.6. The van der Waals surface area contributed by atoms with Gasteiger partial charge in [-0.25, -0.2) is 0 Å². The highest BCUT2D eigenvalue weighted by Crippen LogP contribution is 2.15. The summed E-state index contributed by atoms with van der Waals surface area (Å²) in [5, 5.41) is 2.85. The van der Waals surface area contributed by atoms with E-state index in [9.17, 15) is 9.59 Å². The Morgan fingerprint density at radius 1 is 0.885 bits per heavy atom. The minimum atomic E-state index is -0.183. The topological polar surface area (TPSA) is 62.3 Å². The Labute approximate surface area is 152 Å². The molecule has 0 atom stereocenters. The lowest BCUT2D eigenvalue weighted by atomic mass is 10.1. The highest BCUT2D eigenvalue weighted by Gasteiger charge is 2.14. The third-order valence-electron chi connectivity index (χ3n) is 4.04. The molecule has 0 fully saturated rings. The number of nitrogens with zero attached hydrogens (tertiary/aromatic N) is 2. The molecule has 2 aromatic carbocycles. The highest BCUT2D eigenvalue weighted by molar-refractivity contribution is 6.06. The normalized spacial score (nSPS) is 10.2. The Morgan fingerprint density at radius 2 is 1.50 bits per heavy atom. The number of hydrogen-bond acceptors (Lipinski definition) is 3. The molecule has 3 aromatic rings. The van der Waals surface area contributed by atoms with Gasteiger partial charge in [0.25, 0.3) is 11.8 Å². The molecule has 0 aliphatic carbocycles.